The number of hydrogen-bond donors (Lipinski definition) is 2. The molecule has 0 saturated carbocycles. The smallest absolute Gasteiger partial charge is 0.271 e. The number of fused-ring (bicyclic) bond motifs is 1. The van der Waals surface area contributed by atoms with Crippen molar-refractivity contribution in [1.82, 2.24) is 10.3 Å². The van der Waals surface area contributed by atoms with Crippen LogP contribution < -0.4 is 5.32 Å². The highest BCUT2D eigenvalue weighted by molar-refractivity contribution is 5.75. The van der Waals surface area contributed by atoms with Crippen LogP contribution in [0.3, 0.4) is 0 Å². The Morgan fingerprint density at radius 3 is 2.75 bits per heavy atom. The number of aliphatic hydroxyl groups is 1. The number of oxazole rings is 1. The molecule has 0 radical (unpaired) electrons. The van der Waals surface area contributed by atoms with Gasteiger partial charge < -0.3 is 14.8 Å². The van der Waals surface area contributed by atoms with Crippen molar-refractivity contribution in [3.63, 3.8) is 0 Å². The molecule has 0 fully saturated rings. The fourth-order valence-electron chi connectivity index (χ4n) is 2.56. The SMILES string of the molecule is O=[N+]([O-])c1ccc2oc(CNC(CCO)c3ccccc3)nc2c1. The third-order valence-electron chi connectivity index (χ3n) is 3.75. The third-order valence-corrected chi connectivity index (χ3v) is 3.75. The first-order chi connectivity index (χ1) is 11.7. The van der Waals surface area contributed by atoms with Gasteiger partial charge in [0, 0.05) is 24.8 Å². The van der Waals surface area contributed by atoms with Gasteiger partial charge in [0.2, 0.25) is 5.89 Å². The summed E-state index contributed by atoms with van der Waals surface area (Å²) in [6.07, 6.45) is 0.565. The van der Waals surface area contributed by atoms with E-state index in [-0.39, 0.29) is 18.3 Å². The molecule has 1 unspecified atom stereocenters. The summed E-state index contributed by atoms with van der Waals surface area (Å²) < 4.78 is 5.61. The molecule has 7 heteroatoms. The predicted molar refractivity (Wildman–Crippen MR) is 88.4 cm³/mol. The van der Waals surface area contributed by atoms with E-state index in [1.807, 2.05) is 30.3 Å². The molecule has 1 heterocycles. The molecule has 3 aromatic rings. The topological polar surface area (TPSA) is 101 Å². The molecular weight excluding hydrogens is 310 g/mol. The van der Waals surface area contributed by atoms with E-state index in [2.05, 4.69) is 10.3 Å². The van der Waals surface area contributed by atoms with Crippen LogP contribution in [-0.4, -0.2) is 21.6 Å². The minimum Gasteiger partial charge on any atom is -0.439 e. The lowest BCUT2D eigenvalue weighted by Crippen LogP contribution is -2.22. The first-order valence-electron chi connectivity index (χ1n) is 7.60. The predicted octanol–water partition coefficient (Wildman–Crippen LogP) is 2.95. The Morgan fingerprint density at radius 2 is 2.04 bits per heavy atom. The zero-order valence-corrected chi connectivity index (χ0v) is 12.9. The lowest BCUT2D eigenvalue weighted by Gasteiger charge is -2.17. The van der Waals surface area contributed by atoms with Crippen LogP contribution in [0.2, 0.25) is 0 Å². The van der Waals surface area contributed by atoms with E-state index in [0.29, 0.717) is 30.0 Å². The number of nitrogens with zero attached hydrogens (tertiary/aromatic N) is 2. The molecule has 0 aliphatic carbocycles. The molecule has 0 spiro atoms. The van der Waals surface area contributed by atoms with Crippen LogP contribution in [0, 0.1) is 10.1 Å². The van der Waals surface area contributed by atoms with Crippen molar-refractivity contribution >= 4 is 16.8 Å². The van der Waals surface area contributed by atoms with Crippen LogP contribution in [0.15, 0.2) is 52.9 Å². The van der Waals surface area contributed by atoms with Crippen LogP contribution in [-0.2, 0) is 6.54 Å². The summed E-state index contributed by atoms with van der Waals surface area (Å²) in [6, 6.07) is 14.1. The van der Waals surface area contributed by atoms with Crippen molar-refractivity contribution in [2.75, 3.05) is 6.61 Å². The minimum atomic E-state index is -0.460. The Balaban J connectivity index is 1.75. The van der Waals surface area contributed by atoms with E-state index in [1.165, 1.54) is 12.1 Å². The number of aromatic nitrogens is 1. The molecule has 124 valence electrons. The lowest BCUT2D eigenvalue weighted by molar-refractivity contribution is -0.384. The number of aliphatic hydroxyl groups excluding tert-OH is 1. The average molecular weight is 327 g/mol. The van der Waals surface area contributed by atoms with Gasteiger partial charge in [0.05, 0.1) is 11.5 Å². The van der Waals surface area contributed by atoms with E-state index in [1.54, 1.807) is 6.07 Å². The van der Waals surface area contributed by atoms with Gasteiger partial charge in [-0.05, 0) is 18.1 Å². The van der Waals surface area contributed by atoms with E-state index < -0.39 is 4.92 Å². The Morgan fingerprint density at radius 1 is 1.25 bits per heavy atom. The number of nitrogens with one attached hydrogen (secondary N) is 1. The highest BCUT2D eigenvalue weighted by atomic mass is 16.6. The number of benzene rings is 2. The molecule has 1 atom stereocenters. The fraction of sp³-hybridized carbons (Fsp3) is 0.235. The summed E-state index contributed by atoms with van der Waals surface area (Å²) >= 11 is 0. The molecular formula is C17H17N3O4. The highest BCUT2D eigenvalue weighted by Crippen LogP contribution is 2.22. The lowest BCUT2D eigenvalue weighted by atomic mass is 10.0. The number of rotatable bonds is 7. The second-order valence-electron chi connectivity index (χ2n) is 5.37. The number of non-ortho nitro benzene ring substituents is 1. The largest absolute Gasteiger partial charge is 0.439 e. The van der Waals surface area contributed by atoms with Crippen molar-refractivity contribution in [1.29, 1.82) is 0 Å². The first-order valence-corrected chi connectivity index (χ1v) is 7.60. The van der Waals surface area contributed by atoms with Gasteiger partial charge in [0.1, 0.15) is 5.52 Å². The Kier molecular flexibility index (Phi) is 4.83. The normalized spacial score (nSPS) is 12.4. The maximum Gasteiger partial charge on any atom is 0.271 e. The van der Waals surface area contributed by atoms with Gasteiger partial charge in [-0.15, -0.1) is 0 Å². The summed E-state index contributed by atoms with van der Waals surface area (Å²) in [4.78, 5) is 14.6. The van der Waals surface area contributed by atoms with Crippen LogP contribution >= 0.6 is 0 Å². The van der Waals surface area contributed by atoms with Crippen molar-refractivity contribution < 1.29 is 14.4 Å². The van der Waals surface area contributed by atoms with E-state index >= 15 is 0 Å². The van der Waals surface area contributed by atoms with Gasteiger partial charge in [0.25, 0.3) is 5.69 Å². The zero-order chi connectivity index (χ0) is 16.9. The summed E-state index contributed by atoms with van der Waals surface area (Å²) in [5, 5.41) is 23.4. The molecule has 0 bridgehead atoms. The van der Waals surface area contributed by atoms with Gasteiger partial charge in [-0.2, -0.15) is 0 Å². The maximum absolute atomic E-state index is 10.8. The zero-order valence-electron chi connectivity index (χ0n) is 12.9. The van der Waals surface area contributed by atoms with Crippen molar-refractivity contribution in [3.8, 4) is 0 Å². The molecule has 24 heavy (non-hydrogen) atoms. The second-order valence-corrected chi connectivity index (χ2v) is 5.37. The fourth-order valence-corrected chi connectivity index (χ4v) is 2.56. The standard InChI is InChI=1S/C17H17N3O4/c21-9-8-14(12-4-2-1-3-5-12)18-11-17-19-15-10-13(20(22)23)6-7-16(15)24-17/h1-7,10,14,18,21H,8-9,11H2. The van der Waals surface area contributed by atoms with E-state index in [0.717, 1.165) is 5.56 Å². The molecule has 1 aromatic heterocycles. The summed E-state index contributed by atoms with van der Waals surface area (Å²) in [7, 11) is 0. The van der Waals surface area contributed by atoms with Crippen LogP contribution in [0.1, 0.15) is 23.9 Å². The van der Waals surface area contributed by atoms with Gasteiger partial charge in [-0.3, -0.25) is 10.1 Å². The van der Waals surface area contributed by atoms with Gasteiger partial charge in [0.15, 0.2) is 5.58 Å². The molecule has 2 N–H and O–H groups in total. The molecule has 3 rings (SSSR count). The van der Waals surface area contributed by atoms with Crippen molar-refractivity contribution in [2.45, 2.75) is 19.0 Å². The molecule has 0 saturated heterocycles. The summed E-state index contributed by atoms with van der Waals surface area (Å²) in [6.45, 7) is 0.425. The van der Waals surface area contributed by atoms with E-state index in [4.69, 9.17) is 4.42 Å². The van der Waals surface area contributed by atoms with Crippen molar-refractivity contribution in [2.24, 2.45) is 0 Å². The molecule has 0 amide bonds. The average Bonchev–Trinajstić information content (AvgIpc) is 3.01. The molecule has 0 aliphatic rings. The minimum absolute atomic E-state index is 0.0160. The Hall–Kier alpha value is -2.77. The van der Waals surface area contributed by atoms with Crippen LogP contribution in [0.25, 0.3) is 11.1 Å². The van der Waals surface area contributed by atoms with Gasteiger partial charge in [-0.1, -0.05) is 30.3 Å². The van der Waals surface area contributed by atoms with E-state index in [9.17, 15) is 15.2 Å². The Labute approximate surface area is 138 Å². The molecule has 0 aliphatic heterocycles. The molecule has 7 nitrogen and oxygen atoms in total. The highest BCUT2D eigenvalue weighted by Gasteiger charge is 2.14. The van der Waals surface area contributed by atoms with Crippen LogP contribution in [0.4, 0.5) is 5.69 Å². The number of nitro benzene ring substituents is 1. The van der Waals surface area contributed by atoms with Gasteiger partial charge in [-0.25, -0.2) is 4.98 Å². The quantitative estimate of drug-likeness (QED) is 0.511. The van der Waals surface area contributed by atoms with Crippen molar-refractivity contribution in [3.05, 3.63) is 70.1 Å². The number of hydrogen-bond acceptors (Lipinski definition) is 6. The second kappa shape index (κ2) is 7.20. The Bertz CT molecular complexity index is 832. The first kappa shape index (κ1) is 16.1. The maximum atomic E-state index is 10.8. The summed E-state index contributed by atoms with van der Waals surface area (Å²) in [5.41, 5.74) is 2.02. The van der Waals surface area contributed by atoms with Gasteiger partial charge >= 0.3 is 0 Å². The van der Waals surface area contributed by atoms with Crippen LogP contribution in [0.5, 0.6) is 0 Å². The summed E-state index contributed by atoms with van der Waals surface area (Å²) in [5.74, 6) is 0.448. The monoisotopic (exact) mass is 327 g/mol. The molecule has 2 aromatic carbocycles. The number of nitro groups is 1. The third kappa shape index (κ3) is 3.58.